The van der Waals surface area contributed by atoms with Gasteiger partial charge < -0.3 is 15.8 Å². The predicted octanol–water partition coefficient (Wildman–Crippen LogP) is 0.738. The lowest BCUT2D eigenvalue weighted by molar-refractivity contribution is 0.0696. The van der Waals surface area contributed by atoms with E-state index in [0.717, 1.165) is 0 Å². The average Bonchev–Trinajstić information content (AvgIpc) is 2.36. The molecule has 0 spiro atoms. The summed E-state index contributed by atoms with van der Waals surface area (Å²) in [7, 11) is 0. The van der Waals surface area contributed by atoms with Gasteiger partial charge in [-0.25, -0.2) is 9.78 Å². The Balaban J connectivity index is 2.06. The summed E-state index contributed by atoms with van der Waals surface area (Å²) in [6, 6.07) is 4.28. The van der Waals surface area contributed by atoms with Crippen molar-refractivity contribution in [2.75, 3.05) is 5.73 Å². The second-order valence-electron chi connectivity index (χ2n) is 3.61. The third-order valence-corrected chi connectivity index (χ3v) is 3.08. The summed E-state index contributed by atoms with van der Waals surface area (Å²) in [6.45, 7) is 0. The molecule has 8 heteroatoms. The van der Waals surface area contributed by atoms with E-state index in [1.165, 1.54) is 30.1 Å². The zero-order chi connectivity index (χ0) is 13.8. The van der Waals surface area contributed by atoms with Gasteiger partial charge in [0.05, 0.1) is 11.3 Å². The van der Waals surface area contributed by atoms with Crippen LogP contribution in [0.5, 0.6) is 0 Å². The first-order valence-electron chi connectivity index (χ1n) is 5.22. The first-order valence-corrected chi connectivity index (χ1v) is 6.21. The zero-order valence-electron chi connectivity index (χ0n) is 9.66. The van der Waals surface area contributed by atoms with E-state index in [0.29, 0.717) is 16.6 Å². The number of carboxylic acid groups (broad SMARTS) is 1. The second kappa shape index (κ2) is 5.53. The van der Waals surface area contributed by atoms with Crippen LogP contribution in [0.3, 0.4) is 0 Å². The number of H-pyrrole nitrogens is 1. The van der Waals surface area contributed by atoms with E-state index in [-0.39, 0.29) is 16.9 Å². The maximum absolute atomic E-state index is 11.2. The van der Waals surface area contributed by atoms with Crippen LogP contribution >= 0.6 is 11.8 Å². The Bertz CT molecular complexity index is 654. The van der Waals surface area contributed by atoms with Gasteiger partial charge in [-0.15, -0.1) is 0 Å². The van der Waals surface area contributed by atoms with Crippen LogP contribution in [-0.2, 0) is 5.75 Å². The van der Waals surface area contributed by atoms with Gasteiger partial charge in [0.25, 0.3) is 5.56 Å². The predicted molar refractivity (Wildman–Crippen MR) is 70.0 cm³/mol. The summed E-state index contributed by atoms with van der Waals surface area (Å²) in [5, 5.41) is 9.13. The molecule has 0 radical (unpaired) electrons. The Morgan fingerprint density at radius 2 is 2.26 bits per heavy atom. The Hall–Kier alpha value is -2.35. The molecule has 2 aromatic rings. The van der Waals surface area contributed by atoms with Gasteiger partial charge in [0, 0.05) is 18.0 Å². The molecule has 0 amide bonds. The van der Waals surface area contributed by atoms with E-state index in [1.807, 2.05) is 0 Å². The summed E-state index contributed by atoms with van der Waals surface area (Å²) in [5.74, 6) is -0.416. The summed E-state index contributed by atoms with van der Waals surface area (Å²) < 4.78 is 0. The lowest BCUT2D eigenvalue weighted by Crippen LogP contribution is -2.09. The number of pyridine rings is 1. The van der Waals surface area contributed by atoms with Gasteiger partial charge in [-0.1, -0.05) is 11.8 Å². The number of rotatable bonds is 4. The molecule has 0 fully saturated rings. The summed E-state index contributed by atoms with van der Waals surface area (Å²) in [6.07, 6.45) is 1.29. The highest BCUT2D eigenvalue weighted by molar-refractivity contribution is 7.98. The first kappa shape index (κ1) is 13.1. The van der Waals surface area contributed by atoms with Crippen molar-refractivity contribution in [3.8, 4) is 0 Å². The van der Waals surface area contributed by atoms with Crippen molar-refractivity contribution >= 4 is 23.5 Å². The molecule has 0 saturated carbocycles. The summed E-state index contributed by atoms with van der Waals surface area (Å²) in [5.41, 5.74) is 5.95. The van der Waals surface area contributed by atoms with Crippen LogP contribution in [0, 0.1) is 0 Å². The molecule has 2 rings (SSSR count). The van der Waals surface area contributed by atoms with E-state index in [4.69, 9.17) is 10.8 Å². The second-order valence-corrected chi connectivity index (χ2v) is 4.57. The number of aromatic carboxylic acids is 1. The maximum atomic E-state index is 11.2. The Labute approximate surface area is 111 Å². The Morgan fingerprint density at radius 3 is 2.84 bits per heavy atom. The highest BCUT2D eigenvalue weighted by atomic mass is 32.2. The molecule has 2 heterocycles. The lowest BCUT2D eigenvalue weighted by Gasteiger charge is -2.02. The van der Waals surface area contributed by atoms with Crippen molar-refractivity contribution in [3.05, 3.63) is 46.0 Å². The van der Waals surface area contributed by atoms with E-state index in [9.17, 15) is 9.59 Å². The molecule has 0 aromatic carbocycles. The molecule has 0 bridgehead atoms. The number of nitrogens with zero attached hydrogens (tertiary/aromatic N) is 2. The SMILES string of the molecule is Nc1cc(=O)[nH]c(SCc2ccc(C(=O)O)cn2)n1. The van der Waals surface area contributed by atoms with Crippen LogP contribution in [0.2, 0.25) is 0 Å². The van der Waals surface area contributed by atoms with Crippen molar-refractivity contribution in [2.24, 2.45) is 0 Å². The van der Waals surface area contributed by atoms with Crippen LogP contribution in [0.15, 0.2) is 34.3 Å². The highest BCUT2D eigenvalue weighted by Gasteiger charge is 2.05. The summed E-state index contributed by atoms with van der Waals surface area (Å²) in [4.78, 5) is 32.3. The third kappa shape index (κ3) is 3.55. The van der Waals surface area contributed by atoms with Crippen molar-refractivity contribution < 1.29 is 9.90 Å². The van der Waals surface area contributed by atoms with Crippen molar-refractivity contribution in [3.63, 3.8) is 0 Å². The van der Waals surface area contributed by atoms with Crippen LogP contribution in [0.1, 0.15) is 16.1 Å². The molecule has 2 aromatic heterocycles. The van der Waals surface area contributed by atoms with Gasteiger partial charge in [-0.05, 0) is 12.1 Å². The van der Waals surface area contributed by atoms with Gasteiger partial charge in [0.2, 0.25) is 0 Å². The highest BCUT2D eigenvalue weighted by Crippen LogP contribution is 2.17. The molecule has 0 aliphatic carbocycles. The quantitative estimate of drug-likeness (QED) is 0.556. The summed E-state index contributed by atoms with van der Waals surface area (Å²) >= 11 is 1.26. The molecule has 98 valence electrons. The number of hydrogen-bond donors (Lipinski definition) is 3. The van der Waals surface area contributed by atoms with E-state index >= 15 is 0 Å². The number of nitrogens with one attached hydrogen (secondary N) is 1. The van der Waals surface area contributed by atoms with Gasteiger partial charge in [0.15, 0.2) is 5.16 Å². The van der Waals surface area contributed by atoms with Gasteiger partial charge in [-0.2, -0.15) is 0 Å². The lowest BCUT2D eigenvalue weighted by atomic mass is 10.2. The fourth-order valence-electron chi connectivity index (χ4n) is 1.30. The normalized spacial score (nSPS) is 10.3. The fraction of sp³-hybridized carbons (Fsp3) is 0.0909. The van der Waals surface area contributed by atoms with Crippen molar-refractivity contribution in [1.29, 1.82) is 0 Å². The average molecular weight is 278 g/mol. The van der Waals surface area contributed by atoms with Gasteiger partial charge >= 0.3 is 5.97 Å². The van der Waals surface area contributed by atoms with Crippen LogP contribution in [0.4, 0.5) is 5.82 Å². The molecule has 0 atom stereocenters. The number of carboxylic acids is 1. The molecule has 4 N–H and O–H groups in total. The molecule has 0 saturated heterocycles. The van der Waals surface area contributed by atoms with Gasteiger partial charge in [0.1, 0.15) is 5.82 Å². The molecule has 0 aliphatic rings. The number of nitrogen functional groups attached to an aromatic ring is 1. The standard InChI is InChI=1S/C11H10N4O3S/c12-8-3-9(16)15-11(14-8)19-5-7-2-1-6(4-13-7)10(17)18/h1-4H,5H2,(H,17,18)(H3,12,14,15,16). The molecule has 7 nitrogen and oxygen atoms in total. The monoisotopic (exact) mass is 278 g/mol. The largest absolute Gasteiger partial charge is 0.478 e. The number of hydrogen-bond acceptors (Lipinski definition) is 6. The minimum atomic E-state index is -1.02. The Kier molecular flexibility index (Phi) is 3.81. The van der Waals surface area contributed by atoms with Crippen LogP contribution in [0.25, 0.3) is 0 Å². The molecular formula is C11H10N4O3S. The number of aromatic nitrogens is 3. The maximum Gasteiger partial charge on any atom is 0.337 e. The topological polar surface area (TPSA) is 122 Å². The number of carbonyl (C=O) groups is 1. The number of thioether (sulfide) groups is 1. The van der Waals surface area contributed by atoms with E-state index in [1.54, 1.807) is 6.07 Å². The molecule has 0 aliphatic heterocycles. The Morgan fingerprint density at radius 1 is 1.47 bits per heavy atom. The molecular weight excluding hydrogens is 268 g/mol. The number of anilines is 1. The fourth-order valence-corrected chi connectivity index (χ4v) is 2.10. The molecule has 0 unspecified atom stereocenters. The zero-order valence-corrected chi connectivity index (χ0v) is 10.5. The minimum absolute atomic E-state index is 0.129. The first-order chi connectivity index (χ1) is 9.04. The van der Waals surface area contributed by atoms with Crippen LogP contribution < -0.4 is 11.3 Å². The third-order valence-electron chi connectivity index (χ3n) is 2.17. The van der Waals surface area contributed by atoms with Crippen molar-refractivity contribution in [2.45, 2.75) is 10.9 Å². The van der Waals surface area contributed by atoms with Crippen molar-refractivity contribution in [1.82, 2.24) is 15.0 Å². The number of aromatic amines is 1. The molecule has 19 heavy (non-hydrogen) atoms. The minimum Gasteiger partial charge on any atom is -0.478 e. The van der Waals surface area contributed by atoms with Gasteiger partial charge in [-0.3, -0.25) is 9.78 Å². The van der Waals surface area contributed by atoms with E-state index in [2.05, 4.69) is 15.0 Å². The number of nitrogens with two attached hydrogens (primary N) is 1. The van der Waals surface area contributed by atoms with Crippen LogP contribution in [-0.4, -0.2) is 26.0 Å². The smallest absolute Gasteiger partial charge is 0.337 e. The van der Waals surface area contributed by atoms with E-state index < -0.39 is 5.97 Å².